The molecule has 0 aromatic heterocycles. The number of carbonyl (C=O) groups excluding carboxylic acids is 1. The highest BCUT2D eigenvalue weighted by Crippen LogP contribution is 2.03. The molecule has 0 aliphatic heterocycles. The van der Waals surface area contributed by atoms with Gasteiger partial charge in [0.25, 0.3) is 0 Å². The molecule has 0 heterocycles. The van der Waals surface area contributed by atoms with Crippen LogP contribution in [0.25, 0.3) is 0 Å². The lowest BCUT2D eigenvalue weighted by atomic mass is 10.2. The molecule has 0 bridgehead atoms. The second kappa shape index (κ2) is 6.09. The number of halogens is 1. The molecule has 0 unspecified atom stereocenters. The van der Waals surface area contributed by atoms with Gasteiger partial charge in [-0.15, -0.1) is 12.4 Å². The van der Waals surface area contributed by atoms with Crippen LogP contribution in [-0.4, -0.2) is 17.8 Å². The van der Waals surface area contributed by atoms with E-state index in [1.54, 1.807) is 11.8 Å². The van der Waals surface area contributed by atoms with E-state index in [4.69, 9.17) is 0 Å². The third kappa shape index (κ3) is 3.28. The minimum atomic E-state index is 0. The van der Waals surface area contributed by atoms with Gasteiger partial charge in [-0.3, -0.25) is 4.79 Å². The van der Waals surface area contributed by atoms with Crippen LogP contribution < -0.4 is 0 Å². The fourth-order valence-corrected chi connectivity index (χ4v) is 1.27. The van der Waals surface area contributed by atoms with Crippen molar-refractivity contribution >= 4 is 30.0 Å². The van der Waals surface area contributed by atoms with E-state index >= 15 is 0 Å². The number of benzene rings is 1. The van der Waals surface area contributed by atoms with Gasteiger partial charge in [-0.1, -0.05) is 30.3 Å². The SMILES string of the molecule is CSCC(=O)c1ccccc1.Cl. The number of carbonyl (C=O) groups is 1. The molecule has 3 heteroatoms. The molecule has 1 aromatic carbocycles. The molecule has 0 atom stereocenters. The first-order valence-electron chi connectivity index (χ1n) is 3.42. The van der Waals surface area contributed by atoms with Gasteiger partial charge in [0.1, 0.15) is 0 Å². The van der Waals surface area contributed by atoms with Crippen LogP contribution in [0, 0.1) is 0 Å². The molecule has 0 spiro atoms. The summed E-state index contributed by atoms with van der Waals surface area (Å²) in [6, 6.07) is 9.37. The molecule has 0 radical (unpaired) electrons. The molecular weight excluding hydrogens is 192 g/mol. The molecule has 0 amide bonds. The molecule has 1 aromatic rings. The van der Waals surface area contributed by atoms with E-state index in [0.717, 1.165) is 5.56 Å². The fraction of sp³-hybridized carbons (Fsp3) is 0.222. The van der Waals surface area contributed by atoms with Crippen LogP contribution in [0.5, 0.6) is 0 Å². The molecule has 66 valence electrons. The van der Waals surface area contributed by atoms with Crippen molar-refractivity contribution in [2.45, 2.75) is 0 Å². The quantitative estimate of drug-likeness (QED) is 0.702. The van der Waals surface area contributed by atoms with Gasteiger partial charge in [0.2, 0.25) is 0 Å². The van der Waals surface area contributed by atoms with Crippen molar-refractivity contribution in [3.63, 3.8) is 0 Å². The molecular formula is C9H11ClOS. The van der Waals surface area contributed by atoms with Gasteiger partial charge in [-0.2, -0.15) is 11.8 Å². The van der Waals surface area contributed by atoms with E-state index in [1.165, 1.54) is 0 Å². The monoisotopic (exact) mass is 202 g/mol. The Morgan fingerprint density at radius 3 is 2.42 bits per heavy atom. The van der Waals surface area contributed by atoms with Crippen molar-refractivity contribution in [3.05, 3.63) is 35.9 Å². The first-order valence-corrected chi connectivity index (χ1v) is 4.81. The average molecular weight is 203 g/mol. The highest BCUT2D eigenvalue weighted by molar-refractivity contribution is 7.99. The topological polar surface area (TPSA) is 17.1 Å². The van der Waals surface area contributed by atoms with Crippen molar-refractivity contribution in [1.29, 1.82) is 0 Å². The van der Waals surface area contributed by atoms with Crippen molar-refractivity contribution in [3.8, 4) is 0 Å². The summed E-state index contributed by atoms with van der Waals surface area (Å²) in [4.78, 5) is 11.2. The van der Waals surface area contributed by atoms with Gasteiger partial charge < -0.3 is 0 Å². The second-order valence-corrected chi connectivity index (χ2v) is 3.09. The summed E-state index contributed by atoms with van der Waals surface area (Å²) in [5, 5.41) is 0. The van der Waals surface area contributed by atoms with Gasteiger partial charge >= 0.3 is 0 Å². The number of hydrogen-bond acceptors (Lipinski definition) is 2. The maximum atomic E-state index is 11.2. The lowest BCUT2D eigenvalue weighted by Gasteiger charge is -1.96. The van der Waals surface area contributed by atoms with Gasteiger partial charge in [0.15, 0.2) is 5.78 Å². The molecule has 0 saturated heterocycles. The van der Waals surface area contributed by atoms with E-state index in [2.05, 4.69) is 0 Å². The smallest absolute Gasteiger partial charge is 0.172 e. The Morgan fingerprint density at radius 1 is 1.33 bits per heavy atom. The summed E-state index contributed by atoms with van der Waals surface area (Å²) in [6.45, 7) is 0. The zero-order chi connectivity index (χ0) is 8.10. The third-order valence-corrected chi connectivity index (χ3v) is 1.92. The fourth-order valence-electron chi connectivity index (χ4n) is 0.838. The molecule has 0 N–H and O–H groups in total. The Morgan fingerprint density at radius 2 is 1.92 bits per heavy atom. The van der Waals surface area contributed by atoms with Crippen molar-refractivity contribution in [1.82, 2.24) is 0 Å². The van der Waals surface area contributed by atoms with E-state index < -0.39 is 0 Å². The van der Waals surface area contributed by atoms with E-state index in [0.29, 0.717) is 5.75 Å². The van der Waals surface area contributed by atoms with Crippen LogP contribution in [0.3, 0.4) is 0 Å². The van der Waals surface area contributed by atoms with Gasteiger partial charge in [-0.25, -0.2) is 0 Å². The molecule has 0 aliphatic rings. The van der Waals surface area contributed by atoms with Crippen molar-refractivity contribution < 1.29 is 4.79 Å². The normalized spacial score (nSPS) is 8.75. The molecule has 1 rings (SSSR count). The van der Waals surface area contributed by atoms with Gasteiger partial charge in [0, 0.05) is 5.56 Å². The van der Waals surface area contributed by atoms with Crippen LogP contribution in [0.4, 0.5) is 0 Å². The standard InChI is InChI=1S/C9H10OS.ClH/c1-11-7-9(10)8-5-3-2-4-6-8;/h2-6H,7H2,1H3;1H. The number of Topliss-reactive ketones (excluding diaryl/α,β-unsaturated/α-hetero) is 1. The highest BCUT2D eigenvalue weighted by atomic mass is 35.5. The maximum absolute atomic E-state index is 11.2. The summed E-state index contributed by atoms with van der Waals surface area (Å²) < 4.78 is 0. The molecule has 0 fully saturated rings. The Labute approximate surface area is 83.0 Å². The number of hydrogen-bond donors (Lipinski definition) is 0. The largest absolute Gasteiger partial charge is 0.293 e. The van der Waals surface area contributed by atoms with Crippen LogP contribution in [0.1, 0.15) is 10.4 Å². The minimum absolute atomic E-state index is 0. The Hall–Kier alpha value is -0.470. The number of thioether (sulfide) groups is 1. The zero-order valence-corrected chi connectivity index (χ0v) is 8.45. The number of rotatable bonds is 3. The summed E-state index contributed by atoms with van der Waals surface area (Å²) >= 11 is 1.56. The van der Waals surface area contributed by atoms with Gasteiger partial charge in [-0.05, 0) is 6.26 Å². The maximum Gasteiger partial charge on any atom is 0.172 e. The summed E-state index contributed by atoms with van der Waals surface area (Å²) in [6.07, 6.45) is 1.93. The summed E-state index contributed by atoms with van der Waals surface area (Å²) in [7, 11) is 0. The molecule has 1 nitrogen and oxygen atoms in total. The first kappa shape index (κ1) is 11.5. The minimum Gasteiger partial charge on any atom is -0.293 e. The lowest BCUT2D eigenvalue weighted by molar-refractivity contribution is 0.102. The van der Waals surface area contributed by atoms with Crippen LogP contribution in [0.15, 0.2) is 30.3 Å². The van der Waals surface area contributed by atoms with E-state index in [-0.39, 0.29) is 18.2 Å². The molecule has 0 saturated carbocycles. The third-order valence-electron chi connectivity index (χ3n) is 1.37. The first-order chi connectivity index (χ1) is 5.34. The number of ketones is 1. The molecule has 0 aliphatic carbocycles. The second-order valence-electron chi connectivity index (χ2n) is 2.22. The van der Waals surface area contributed by atoms with Crippen LogP contribution in [0.2, 0.25) is 0 Å². The summed E-state index contributed by atoms with van der Waals surface area (Å²) in [5.41, 5.74) is 0.807. The predicted octanol–water partition coefficient (Wildman–Crippen LogP) is 2.65. The van der Waals surface area contributed by atoms with Gasteiger partial charge in [0.05, 0.1) is 5.75 Å². The zero-order valence-electron chi connectivity index (χ0n) is 6.82. The van der Waals surface area contributed by atoms with Crippen molar-refractivity contribution in [2.24, 2.45) is 0 Å². The van der Waals surface area contributed by atoms with Crippen LogP contribution in [-0.2, 0) is 0 Å². The average Bonchev–Trinajstić information content (AvgIpc) is 2.07. The molecule has 12 heavy (non-hydrogen) atoms. The predicted molar refractivity (Wildman–Crippen MR) is 56.4 cm³/mol. The Kier molecular flexibility index (Phi) is 5.85. The highest BCUT2D eigenvalue weighted by Gasteiger charge is 2.01. The Bertz CT molecular complexity index is 236. The Balaban J connectivity index is 0.00000121. The van der Waals surface area contributed by atoms with E-state index in [1.807, 2.05) is 36.6 Å². The van der Waals surface area contributed by atoms with Crippen LogP contribution >= 0.6 is 24.2 Å². The lowest BCUT2D eigenvalue weighted by Crippen LogP contribution is -2.00. The van der Waals surface area contributed by atoms with E-state index in [9.17, 15) is 4.79 Å². The van der Waals surface area contributed by atoms with Crippen molar-refractivity contribution in [2.75, 3.05) is 12.0 Å². The summed E-state index contributed by atoms with van der Waals surface area (Å²) in [5.74, 6) is 0.780.